The number of nitrogens with zero attached hydrogens (tertiary/aromatic N) is 1. The van der Waals surface area contributed by atoms with Crippen LogP contribution in [0.5, 0.6) is 5.75 Å². The van der Waals surface area contributed by atoms with E-state index < -0.39 is 10.8 Å². The fourth-order valence-electron chi connectivity index (χ4n) is 2.63. The molecule has 0 aromatic heterocycles. The lowest BCUT2D eigenvalue weighted by molar-refractivity contribution is -0.384. The molecule has 0 bridgehead atoms. The molecule has 0 unspecified atom stereocenters. The summed E-state index contributed by atoms with van der Waals surface area (Å²) in [5, 5.41) is 14.2. The lowest BCUT2D eigenvalue weighted by Crippen LogP contribution is -2.15. The van der Waals surface area contributed by atoms with Crippen molar-refractivity contribution in [2.75, 3.05) is 5.32 Å². The predicted octanol–water partition coefficient (Wildman–Crippen LogP) is 5.39. The minimum atomic E-state index is -0.544. The Morgan fingerprint density at radius 1 is 1.11 bits per heavy atom. The van der Waals surface area contributed by atoms with Crippen LogP contribution >= 0.6 is 11.6 Å². The molecule has 0 aliphatic rings. The third kappa shape index (κ3) is 4.66. The number of carbonyl (C=O) groups excluding carboxylic acids is 1. The average Bonchev–Trinajstić information content (AvgIpc) is 2.69. The van der Waals surface area contributed by atoms with Gasteiger partial charge in [-0.15, -0.1) is 0 Å². The van der Waals surface area contributed by atoms with Crippen molar-refractivity contribution in [3.05, 3.63) is 98.6 Å². The first-order valence-corrected chi connectivity index (χ1v) is 8.84. The Bertz CT molecular complexity index is 1020. The highest BCUT2D eigenvalue weighted by molar-refractivity contribution is 6.31. The summed E-state index contributed by atoms with van der Waals surface area (Å²) < 4.78 is 5.78. The molecule has 1 amide bonds. The number of nitro benzene ring substituents is 1. The fourth-order valence-corrected chi connectivity index (χ4v) is 2.80. The van der Waals surface area contributed by atoms with Crippen LogP contribution in [-0.4, -0.2) is 10.8 Å². The number of benzene rings is 3. The molecule has 3 rings (SSSR count). The Morgan fingerprint density at radius 3 is 2.57 bits per heavy atom. The molecule has 1 N–H and O–H groups in total. The maximum absolute atomic E-state index is 12.8. The van der Waals surface area contributed by atoms with Crippen LogP contribution in [0.4, 0.5) is 11.4 Å². The number of carbonyl (C=O) groups is 1. The van der Waals surface area contributed by atoms with Crippen LogP contribution in [0, 0.1) is 17.0 Å². The van der Waals surface area contributed by atoms with Crippen LogP contribution < -0.4 is 10.1 Å². The van der Waals surface area contributed by atoms with Crippen molar-refractivity contribution >= 4 is 28.9 Å². The highest BCUT2D eigenvalue weighted by Crippen LogP contribution is 2.29. The fraction of sp³-hybridized carbons (Fsp3) is 0.0952. The summed E-state index contributed by atoms with van der Waals surface area (Å²) in [5.74, 6) is -0.210. The first-order valence-electron chi connectivity index (χ1n) is 8.46. The van der Waals surface area contributed by atoms with E-state index in [1.54, 1.807) is 25.1 Å². The number of rotatable bonds is 6. The molecule has 0 heterocycles. The molecular weight excluding hydrogens is 380 g/mol. The normalized spacial score (nSPS) is 10.4. The quantitative estimate of drug-likeness (QED) is 0.447. The molecular formula is C21H17ClN2O4. The van der Waals surface area contributed by atoms with Crippen LogP contribution in [-0.2, 0) is 6.61 Å². The van der Waals surface area contributed by atoms with Gasteiger partial charge in [0.2, 0.25) is 0 Å². The number of hydrogen-bond donors (Lipinski definition) is 1. The van der Waals surface area contributed by atoms with Crippen molar-refractivity contribution in [3.63, 3.8) is 0 Å². The third-order valence-corrected chi connectivity index (χ3v) is 4.26. The smallest absolute Gasteiger partial charge is 0.293 e. The summed E-state index contributed by atoms with van der Waals surface area (Å²) in [7, 11) is 0. The van der Waals surface area contributed by atoms with E-state index in [0.717, 1.165) is 11.1 Å². The van der Waals surface area contributed by atoms with E-state index in [4.69, 9.17) is 16.3 Å². The highest BCUT2D eigenvalue weighted by Gasteiger charge is 2.19. The second-order valence-electron chi connectivity index (χ2n) is 6.15. The number of aryl methyl sites for hydroxylation is 1. The SMILES string of the molecule is Cc1ccc(NC(=O)c2cc(Cl)ccc2OCc2ccccc2)c([N+](=O)[O-])c1. The molecule has 0 fully saturated rings. The molecule has 142 valence electrons. The zero-order valence-electron chi connectivity index (χ0n) is 15.0. The van der Waals surface area contributed by atoms with Gasteiger partial charge in [0.1, 0.15) is 18.0 Å². The van der Waals surface area contributed by atoms with Crippen LogP contribution in [0.1, 0.15) is 21.5 Å². The number of anilines is 1. The van der Waals surface area contributed by atoms with Gasteiger partial charge in [-0.1, -0.05) is 48.0 Å². The maximum Gasteiger partial charge on any atom is 0.293 e. The van der Waals surface area contributed by atoms with Crippen molar-refractivity contribution in [1.29, 1.82) is 0 Å². The first kappa shape index (κ1) is 19.4. The summed E-state index contributed by atoms with van der Waals surface area (Å²) in [4.78, 5) is 23.5. The van der Waals surface area contributed by atoms with Crippen LogP contribution in [0.15, 0.2) is 66.7 Å². The molecule has 0 spiro atoms. The summed E-state index contributed by atoms with van der Waals surface area (Å²) in [6.07, 6.45) is 0. The molecule has 0 radical (unpaired) electrons. The van der Waals surface area contributed by atoms with Crippen molar-refractivity contribution in [3.8, 4) is 5.75 Å². The van der Waals surface area contributed by atoms with E-state index in [0.29, 0.717) is 10.8 Å². The van der Waals surface area contributed by atoms with E-state index in [2.05, 4.69) is 5.32 Å². The minimum absolute atomic E-state index is 0.106. The van der Waals surface area contributed by atoms with E-state index in [1.165, 1.54) is 18.2 Å². The van der Waals surface area contributed by atoms with Gasteiger partial charge >= 0.3 is 0 Å². The average molecular weight is 397 g/mol. The van der Waals surface area contributed by atoms with E-state index in [-0.39, 0.29) is 23.5 Å². The summed E-state index contributed by atoms with van der Waals surface area (Å²) >= 11 is 6.04. The van der Waals surface area contributed by atoms with Gasteiger partial charge in [-0.2, -0.15) is 0 Å². The van der Waals surface area contributed by atoms with Crippen molar-refractivity contribution in [2.45, 2.75) is 13.5 Å². The highest BCUT2D eigenvalue weighted by atomic mass is 35.5. The van der Waals surface area contributed by atoms with E-state index in [9.17, 15) is 14.9 Å². The van der Waals surface area contributed by atoms with Gasteiger partial charge < -0.3 is 10.1 Å². The Morgan fingerprint density at radius 2 is 1.86 bits per heavy atom. The van der Waals surface area contributed by atoms with Gasteiger partial charge in [0.25, 0.3) is 11.6 Å². The van der Waals surface area contributed by atoms with Gasteiger partial charge in [-0.05, 0) is 42.3 Å². The maximum atomic E-state index is 12.8. The zero-order chi connectivity index (χ0) is 20.1. The van der Waals surface area contributed by atoms with Gasteiger partial charge in [0.05, 0.1) is 10.5 Å². The molecule has 0 saturated carbocycles. The first-order chi connectivity index (χ1) is 13.4. The number of amides is 1. The summed E-state index contributed by atoms with van der Waals surface area (Å²) in [6.45, 7) is 2.01. The standard InChI is InChI=1S/C21H17ClN2O4/c1-14-7-9-18(19(11-14)24(26)27)23-21(25)17-12-16(22)8-10-20(17)28-13-15-5-3-2-4-6-15/h2-12H,13H2,1H3,(H,23,25). The van der Waals surface area contributed by atoms with Crippen LogP contribution in [0.25, 0.3) is 0 Å². The molecule has 0 aliphatic heterocycles. The predicted molar refractivity (Wildman–Crippen MR) is 108 cm³/mol. The van der Waals surface area contributed by atoms with Crippen molar-refractivity contribution < 1.29 is 14.5 Å². The van der Waals surface area contributed by atoms with Crippen molar-refractivity contribution in [1.82, 2.24) is 0 Å². The van der Waals surface area contributed by atoms with E-state index in [1.807, 2.05) is 30.3 Å². The van der Waals surface area contributed by atoms with Gasteiger partial charge in [-0.3, -0.25) is 14.9 Å². The van der Waals surface area contributed by atoms with E-state index >= 15 is 0 Å². The Kier molecular flexibility index (Phi) is 5.91. The summed E-state index contributed by atoms with van der Waals surface area (Å²) in [6, 6.07) is 18.8. The number of ether oxygens (including phenoxy) is 1. The summed E-state index contributed by atoms with van der Waals surface area (Å²) in [5.41, 5.74) is 1.78. The molecule has 0 atom stereocenters. The lowest BCUT2D eigenvalue weighted by Gasteiger charge is -2.13. The second-order valence-corrected chi connectivity index (χ2v) is 6.58. The van der Waals surface area contributed by atoms with Gasteiger partial charge in [0.15, 0.2) is 0 Å². The van der Waals surface area contributed by atoms with Crippen LogP contribution in [0.3, 0.4) is 0 Å². The number of halogens is 1. The largest absolute Gasteiger partial charge is 0.488 e. The molecule has 0 saturated heterocycles. The monoisotopic (exact) mass is 396 g/mol. The Balaban J connectivity index is 1.85. The van der Waals surface area contributed by atoms with Gasteiger partial charge in [-0.25, -0.2) is 0 Å². The number of nitrogens with one attached hydrogen (secondary N) is 1. The van der Waals surface area contributed by atoms with Crippen molar-refractivity contribution in [2.24, 2.45) is 0 Å². The number of hydrogen-bond acceptors (Lipinski definition) is 4. The Hall–Kier alpha value is -3.38. The molecule has 3 aromatic rings. The molecule has 7 heteroatoms. The second kappa shape index (κ2) is 8.54. The Labute approximate surface area is 166 Å². The molecule has 6 nitrogen and oxygen atoms in total. The molecule has 3 aromatic carbocycles. The molecule has 0 aliphatic carbocycles. The third-order valence-electron chi connectivity index (χ3n) is 4.02. The number of nitro groups is 1. The zero-order valence-corrected chi connectivity index (χ0v) is 15.8. The minimum Gasteiger partial charge on any atom is -0.488 e. The molecule has 28 heavy (non-hydrogen) atoms. The topological polar surface area (TPSA) is 81.5 Å². The lowest BCUT2D eigenvalue weighted by atomic mass is 10.1. The van der Waals surface area contributed by atoms with Gasteiger partial charge in [0, 0.05) is 11.1 Å². The van der Waals surface area contributed by atoms with Crippen LogP contribution in [0.2, 0.25) is 5.02 Å².